The van der Waals surface area contributed by atoms with Gasteiger partial charge in [0.15, 0.2) is 11.3 Å². The Labute approximate surface area is 422 Å². The van der Waals surface area contributed by atoms with E-state index in [0.29, 0.717) is 11.7 Å². The van der Waals surface area contributed by atoms with Crippen molar-refractivity contribution in [1.82, 2.24) is 54.7 Å². The number of anilines is 2. The average Bonchev–Trinajstić information content (AvgIpc) is 4.20. The highest BCUT2D eigenvalue weighted by molar-refractivity contribution is 5.93. The largest absolute Gasteiger partial charge is 0.477 e. The molecule has 0 saturated carbocycles. The maximum absolute atomic E-state index is 13.4. The van der Waals surface area contributed by atoms with Gasteiger partial charge in [-0.1, -0.05) is 20.3 Å². The molecule has 19 heteroatoms. The van der Waals surface area contributed by atoms with Crippen molar-refractivity contribution in [2.24, 2.45) is 5.73 Å². The number of piperidine rings is 2. The Balaban J connectivity index is 0.000000160. The van der Waals surface area contributed by atoms with E-state index in [-0.39, 0.29) is 35.8 Å². The van der Waals surface area contributed by atoms with E-state index in [1.165, 1.54) is 19.0 Å². The minimum absolute atomic E-state index is 0.0158. The molecular weight excluding hydrogens is 913 g/mol. The smallest absolute Gasteiger partial charge is 0.407 e. The van der Waals surface area contributed by atoms with E-state index in [2.05, 4.69) is 63.4 Å². The second-order valence-electron chi connectivity index (χ2n) is 20.4. The van der Waals surface area contributed by atoms with Gasteiger partial charge in [0.05, 0.1) is 29.5 Å². The van der Waals surface area contributed by atoms with Crippen molar-refractivity contribution >= 4 is 40.9 Å². The molecule has 0 radical (unpaired) electrons. The Hall–Kier alpha value is -6.73. The van der Waals surface area contributed by atoms with Crippen LogP contribution in [0.15, 0.2) is 61.2 Å². The van der Waals surface area contributed by atoms with Crippen LogP contribution in [0, 0.1) is 13.8 Å². The van der Waals surface area contributed by atoms with Gasteiger partial charge in [-0.05, 0) is 134 Å². The zero-order valence-corrected chi connectivity index (χ0v) is 43.0. The van der Waals surface area contributed by atoms with Crippen molar-refractivity contribution in [3.8, 4) is 0 Å². The summed E-state index contributed by atoms with van der Waals surface area (Å²) >= 11 is 0. The first-order valence-corrected chi connectivity index (χ1v) is 25.7. The van der Waals surface area contributed by atoms with Crippen LogP contribution in [0.5, 0.6) is 0 Å². The summed E-state index contributed by atoms with van der Waals surface area (Å²) in [6, 6.07) is 11.9. The van der Waals surface area contributed by atoms with E-state index in [4.69, 9.17) is 35.7 Å². The Kier molecular flexibility index (Phi) is 16.3. The number of amides is 2. The Morgan fingerprint density at radius 2 is 1.36 bits per heavy atom. The predicted molar refractivity (Wildman–Crippen MR) is 277 cm³/mol. The molecule has 5 N–H and O–H groups in total. The van der Waals surface area contributed by atoms with Gasteiger partial charge in [-0.25, -0.2) is 33.6 Å². The lowest BCUT2D eigenvalue weighted by atomic mass is 9.98. The second-order valence-corrected chi connectivity index (χ2v) is 20.4. The number of carboxylic acids is 1. The summed E-state index contributed by atoms with van der Waals surface area (Å²) in [5.41, 5.74) is 14.2. The predicted octanol–water partition coefficient (Wildman–Crippen LogP) is 7.20. The fourth-order valence-electron chi connectivity index (χ4n) is 9.89. The molecule has 2 amide bonds. The molecule has 10 heterocycles. The first kappa shape index (κ1) is 51.6. The van der Waals surface area contributed by atoms with E-state index < -0.39 is 11.6 Å². The SMILES string of the molecule is CCc1ccnc(C(=O)N2CCCC[C@H]2c2cc3nc(N4CC[C@H](N)C4)c(C)cn3n2)c1.CCc1ccnc(C(=O)O)c1.Cc1cn2nc([C@@H]3CCCCN3)cc2nc1N1CC[C@H](NC(=O)OC(C)(C)C)C1. The molecule has 6 aromatic rings. The number of carbonyl (C=O) groups excluding carboxylic acids is 2. The lowest BCUT2D eigenvalue weighted by Crippen LogP contribution is -2.40. The highest BCUT2D eigenvalue weighted by Gasteiger charge is 2.33. The number of aromatic carboxylic acids is 1. The quantitative estimate of drug-likeness (QED) is 0.112. The summed E-state index contributed by atoms with van der Waals surface area (Å²) in [6.07, 6.45) is 17.1. The maximum Gasteiger partial charge on any atom is 0.407 e. The van der Waals surface area contributed by atoms with Crippen LogP contribution < -0.4 is 26.2 Å². The van der Waals surface area contributed by atoms with Crippen molar-refractivity contribution in [3.05, 3.63) is 106 Å². The molecule has 4 saturated heterocycles. The molecule has 0 aromatic carbocycles. The summed E-state index contributed by atoms with van der Waals surface area (Å²) < 4.78 is 9.11. The number of hydrogen-bond acceptors (Lipinski definition) is 14. The number of alkyl carbamates (subject to hydrolysis) is 1. The van der Waals surface area contributed by atoms with Gasteiger partial charge in [-0.15, -0.1) is 0 Å². The molecule has 72 heavy (non-hydrogen) atoms. The molecule has 0 aliphatic carbocycles. The van der Waals surface area contributed by atoms with Crippen LogP contribution in [-0.2, 0) is 17.6 Å². The van der Waals surface area contributed by atoms with Crippen LogP contribution in [0.2, 0.25) is 0 Å². The zero-order chi connectivity index (χ0) is 51.1. The van der Waals surface area contributed by atoms with Gasteiger partial charge in [0.2, 0.25) is 0 Å². The monoisotopic (exact) mass is 985 g/mol. The number of nitrogens with one attached hydrogen (secondary N) is 2. The van der Waals surface area contributed by atoms with Gasteiger partial charge in [0.25, 0.3) is 5.91 Å². The van der Waals surface area contributed by atoms with Gasteiger partial charge in [0.1, 0.15) is 28.6 Å². The Morgan fingerprint density at radius 3 is 1.96 bits per heavy atom. The van der Waals surface area contributed by atoms with Gasteiger partial charge in [-0.3, -0.25) is 9.78 Å². The third-order valence-electron chi connectivity index (χ3n) is 13.7. The lowest BCUT2D eigenvalue weighted by Gasteiger charge is -2.34. The Bertz CT molecular complexity index is 2850. The summed E-state index contributed by atoms with van der Waals surface area (Å²) in [6.45, 7) is 18.9. The molecule has 19 nitrogen and oxygen atoms in total. The third-order valence-corrected chi connectivity index (χ3v) is 13.7. The number of carboxylic acid groups (broad SMARTS) is 1. The van der Waals surface area contributed by atoms with Crippen molar-refractivity contribution in [3.63, 3.8) is 0 Å². The van der Waals surface area contributed by atoms with Crippen molar-refractivity contribution in [2.75, 3.05) is 49.1 Å². The number of nitrogens with zero attached hydrogens (tertiary/aromatic N) is 11. The summed E-state index contributed by atoms with van der Waals surface area (Å²) in [5, 5.41) is 24.7. The minimum Gasteiger partial charge on any atom is -0.477 e. The summed E-state index contributed by atoms with van der Waals surface area (Å²) in [7, 11) is 0. The highest BCUT2D eigenvalue weighted by Crippen LogP contribution is 2.33. The molecule has 0 unspecified atom stereocenters. The van der Waals surface area contributed by atoms with Crippen LogP contribution in [0.3, 0.4) is 0 Å². The fraction of sp³-hybridized carbons (Fsp3) is 0.528. The fourth-order valence-corrected chi connectivity index (χ4v) is 9.89. The minimum atomic E-state index is -0.972. The molecular formula is C53H72N14O5. The van der Waals surface area contributed by atoms with Crippen LogP contribution in [0.1, 0.15) is 153 Å². The number of aryl methyl sites for hydroxylation is 4. The number of nitrogens with two attached hydrogens (primary N) is 1. The van der Waals surface area contributed by atoms with Crippen LogP contribution in [-0.4, -0.2) is 124 Å². The molecule has 0 spiro atoms. The van der Waals surface area contributed by atoms with Crippen LogP contribution in [0.25, 0.3) is 11.3 Å². The number of carbonyl (C=O) groups is 3. The molecule has 4 aliphatic heterocycles. The van der Waals surface area contributed by atoms with Crippen molar-refractivity contribution in [2.45, 2.75) is 142 Å². The molecule has 4 aliphatic rings. The number of ether oxygens (including phenoxy) is 1. The first-order chi connectivity index (χ1) is 34.5. The summed E-state index contributed by atoms with van der Waals surface area (Å²) in [4.78, 5) is 60.2. The van der Waals surface area contributed by atoms with Crippen LogP contribution in [0.4, 0.5) is 16.4 Å². The maximum atomic E-state index is 13.4. The van der Waals surface area contributed by atoms with E-state index in [1.807, 2.05) is 72.1 Å². The molecule has 0 bridgehead atoms. The average molecular weight is 985 g/mol. The Morgan fingerprint density at radius 1 is 0.764 bits per heavy atom. The number of hydrogen-bond donors (Lipinski definition) is 4. The lowest BCUT2D eigenvalue weighted by molar-refractivity contribution is 0.0507. The molecule has 384 valence electrons. The first-order valence-electron chi connectivity index (χ1n) is 25.7. The normalized spacial score (nSPS) is 20.2. The number of fused-ring (bicyclic) bond motifs is 2. The molecule has 4 fully saturated rings. The van der Waals surface area contributed by atoms with Crippen molar-refractivity contribution < 1.29 is 24.2 Å². The highest BCUT2D eigenvalue weighted by atomic mass is 16.6. The van der Waals surface area contributed by atoms with Crippen molar-refractivity contribution in [1.29, 1.82) is 0 Å². The number of likely N-dealkylation sites (tertiary alicyclic amines) is 1. The van der Waals surface area contributed by atoms with Gasteiger partial charge in [0, 0.05) is 86.8 Å². The molecule has 4 atom stereocenters. The standard InChI is InChI=1S/C24H31N7O.C21H32N6O2.C8H9NO2/c1-3-17-7-9-26-20(12-17)24(32)30-10-5-4-6-21(30)19-13-22-27-23(16(2)14-31(22)28-19)29-11-8-18(25)15-29;1-14-12-27-18(11-17(25-27)16-7-5-6-9-22-16)24-19(14)26-10-8-15(13-26)23-20(28)29-21(2,3)4;1-2-6-3-4-9-7(5-6)8(10)11/h7,9,12-14,18,21H,3-6,8,10-11,15,25H2,1-2H3;11-12,15-16,22H,5-10,13H2,1-4H3,(H,23,28);3-5H,2H2,1H3,(H,10,11)/t18-,21-;15-,16-;/m00./s1. The second kappa shape index (κ2) is 22.8. The van der Waals surface area contributed by atoms with Gasteiger partial charge < -0.3 is 40.9 Å². The number of rotatable bonds is 9. The van der Waals surface area contributed by atoms with E-state index in [0.717, 1.165) is 147 Å². The zero-order valence-electron chi connectivity index (χ0n) is 43.0. The van der Waals surface area contributed by atoms with Crippen LogP contribution >= 0.6 is 0 Å². The third kappa shape index (κ3) is 12.6. The van der Waals surface area contributed by atoms with Gasteiger partial charge >= 0.3 is 12.1 Å². The van der Waals surface area contributed by atoms with Gasteiger partial charge in [-0.2, -0.15) is 10.2 Å². The van der Waals surface area contributed by atoms with E-state index in [9.17, 15) is 14.4 Å². The number of pyridine rings is 2. The molecule has 6 aromatic heterocycles. The molecule has 10 rings (SSSR count). The van der Waals surface area contributed by atoms with E-state index >= 15 is 0 Å². The van der Waals surface area contributed by atoms with E-state index in [1.54, 1.807) is 12.3 Å². The summed E-state index contributed by atoms with van der Waals surface area (Å²) in [5.74, 6) is 0.960. The topological polar surface area (TPSA) is 227 Å². The number of aromatic nitrogens is 8.